The number of nitrogens with one attached hydrogen (secondary N) is 2. The molecule has 2 rings (SSSR count). The van der Waals surface area contributed by atoms with Crippen molar-refractivity contribution in [3.05, 3.63) is 29.3 Å². The zero-order chi connectivity index (χ0) is 21.1. The first-order valence-electron chi connectivity index (χ1n) is 11.0. The number of aryl methyl sites for hydroxylation is 1. The van der Waals surface area contributed by atoms with Crippen LogP contribution < -0.4 is 15.4 Å². The lowest BCUT2D eigenvalue weighted by atomic mass is 9.79. The van der Waals surface area contributed by atoms with Crippen molar-refractivity contribution in [1.29, 1.82) is 0 Å². The summed E-state index contributed by atoms with van der Waals surface area (Å²) in [5, 5.41) is 16.3. The number of hydrogen-bond acceptors (Lipinski definition) is 4. The van der Waals surface area contributed by atoms with E-state index in [2.05, 4.69) is 56.5 Å². The van der Waals surface area contributed by atoms with Gasteiger partial charge in [-0.3, -0.25) is 0 Å². The van der Waals surface area contributed by atoms with Crippen LogP contribution >= 0.6 is 0 Å². The van der Waals surface area contributed by atoms with Crippen LogP contribution in [0, 0.1) is 12.3 Å². The van der Waals surface area contributed by atoms with Crippen LogP contribution in [0.3, 0.4) is 0 Å². The van der Waals surface area contributed by atoms with Crippen LogP contribution in [0.5, 0.6) is 5.75 Å². The standard InChI is InChI=1S/C23H39N3O3/c1-5-23(6-2,11-12-27)17-26-22(24-7-3)25-15-19-9-8-18(4)14-21(19)29-20-10-13-28-16-20/h8-9,14,20,27H,5-7,10-13,15-17H2,1-4H3,(H2,24,25,26). The molecule has 6 heteroatoms. The molecule has 1 saturated heterocycles. The fraction of sp³-hybridized carbons (Fsp3) is 0.696. The Kier molecular flexibility index (Phi) is 9.74. The Morgan fingerprint density at radius 2 is 2.07 bits per heavy atom. The van der Waals surface area contributed by atoms with E-state index in [0.29, 0.717) is 13.2 Å². The number of aliphatic hydroxyl groups excluding tert-OH is 1. The van der Waals surface area contributed by atoms with Crippen molar-refractivity contribution < 1.29 is 14.6 Å². The van der Waals surface area contributed by atoms with Crippen molar-refractivity contribution in [2.45, 2.75) is 66.0 Å². The molecule has 0 bridgehead atoms. The fourth-order valence-electron chi connectivity index (χ4n) is 3.64. The molecule has 1 fully saturated rings. The van der Waals surface area contributed by atoms with Crippen molar-refractivity contribution in [1.82, 2.24) is 10.6 Å². The van der Waals surface area contributed by atoms with E-state index >= 15 is 0 Å². The molecule has 0 saturated carbocycles. The van der Waals surface area contributed by atoms with Gasteiger partial charge < -0.3 is 25.2 Å². The van der Waals surface area contributed by atoms with Crippen LogP contribution in [0.2, 0.25) is 0 Å². The molecule has 164 valence electrons. The molecule has 0 aliphatic carbocycles. The molecule has 1 heterocycles. The minimum atomic E-state index is 0.0888. The molecule has 1 aromatic rings. The van der Waals surface area contributed by atoms with Crippen molar-refractivity contribution in [2.24, 2.45) is 10.4 Å². The van der Waals surface area contributed by atoms with Gasteiger partial charge in [-0.15, -0.1) is 0 Å². The van der Waals surface area contributed by atoms with Crippen molar-refractivity contribution >= 4 is 5.96 Å². The number of hydrogen-bond donors (Lipinski definition) is 3. The monoisotopic (exact) mass is 405 g/mol. The maximum absolute atomic E-state index is 9.46. The molecule has 3 N–H and O–H groups in total. The molecule has 1 unspecified atom stereocenters. The summed E-state index contributed by atoms with van der Waals surface area (Å²) in [6, 6.07) is 6.29. The summed E-state index contributed by atoms with van der Waals surface area (Å²) >= 11 is 0. The Morgan fingerprint density at radius 1 is 1.28 bits per heavy atom. The molecule has 1 aliphatic heterocycles. The highest BCUT2D eigenvalue weighted by molar-refractivity contribution is 5.79. The van der Waals surface area contributed by atoms with E-state index in [-0.39, 0.29) is 18.1 Å². The number of nitrogens with zero attached hydrogens (tertiary/aromatic N) is 1. The van der Waals surface area contributed by atoms with Gasteiger partial charge in [0.1, 0.15) is 11.9 Å². The smallest absolute Gasteiger partial charge is 0.191 e. The van der Waals surface area contributed by atoms with Gasteiger partial charge in [0.25, 0.3) is 0 Å². The third-order valence-electron chi connectivity index (χ3n) is 5.93. The lowest BCUT2D eigenvalue weighted by Gasteiger charge is -2.32. The molecule has 1 atom stereocenters. The number of ether oxygens (including phenoxy) is 2. The van der Waals surface area contributed by atoms with Gasteiger partial charge in [0.2, 0.25) is 0 Å². The van der Waals surface area contributed by atoms with Crippen LogP contribution in [0.4, 0.5) is 0 Å². The predicted octanol–water partition coefficient (Wildman–Crippen LogP) is 3.41. The zero-order valence-electron chi connectivity index (χ0n) is 18.6. The molecule has 0 spiro atoms. The third-order valence-corrected chi connectivity index (χ3v) is 5.93. The predicted molar refractivity (Wildman–Crippen MR) is 119 cm³/mol. The minimum Gasteiger partial charge on any atom is -0.488 e. The summed E-state index contributed by atoms with van der Waals surface area (Å²) in [7, 11) is 0. The Morgan fingerprint density at radius 3 is 2.69 bits per heavy atom. The van der Waals surface area contributed by atoms with E-state index in [1.54, 1.807) is 0 Å². The summed E-state index contributed by atoms with van der Waals surface area (Å²) in [5.41, 5.74) is 2.34. The highest BCUT2D eigenvalue weighted by atomic mass is 16.5. The molecular formula is C23H39N3O3. The number of rotatable bonds is 11. The Labute approximate surface area is 176 Å². The average Bonchev–Trinajstić information content (AvgIpc) is 3.23. The Balaban J connectivity index is 2.09. The first-order valence-corrected chi connectivity index (χ1v) is 11.0. The van der Waals surface area contributed by atoms with Crippen molar-refractivity contribution in [3.63, 3.8) is 0 Å². The van der Waals surface area contributed by atoms with E-state index in [1.165, 1.54) is 5.56 Å². The molecule has 1 aromatic carbocycles. The highest BCUT2D eigenvalue weighted by Crippen LogP contribution is 2.29. The summed E-state index contributed by atoms with van der Waals surface area (Å²) in [4.78, 5) is 4.80. The van der Waals surface area contributed by atoms with E-state index in [0.717, 1.165) is 62.7 Å². The Hall–Kier alpha value is -1.79. The quantitative estimate of drug-likeness (QED) is 0.389. The van der Waals surface area contributed by atoms with Gasteiger partial charge in [0.15, 0.2) is 5.96 Å². The van der Waals surface area contributed by atoms with Crippen LogP contribution in [-0.2, 0) is 11.3 Å². The summed E-state index contributed by atoms with van der Waals surface area (Å²) < 4.78 is 11.6. The number of aliphatic hydroxyl groups is 1. The van der Waals surface area contributed by atoms with Gasteiger partial charge in [-0.1, -0.05) is 26.0 Å². The second-order valence-electron chi connectivity index (χ2n) is 7.94. The SMILES string of the molecule is CCNC(=NCc1ccc(C)cc1OC1CCOC1)NCC(CC)(CC)CCO. The van der Waals surface area contributed by atoms with E-state index < -0.39 is 0 Å². The molecule has 0 aromatic heterocycles. The molecule has 0 radical (unpaired) electrons. The maximum Gasteiger partial charge on any atom is 0.191 e. The molecule has 6 nitrogen and oxygen atoms in total. The molecular weight excluding hydrogens is 366 g/mol. The molecule has 0 amide bonds. The second kappa shape index (κ2) is 12.0. The van der Waals surface area contributed by atoms with E-state index in [4.69, 9.17) is 14.5 Å². The lowest BCUT2D eigenvalue weighted by Crippen LogP contribution is -2.43. The number of aliphatic imine (C=N–C) groups is 1. The van der Waals surface area contributed by atoms with Gasteiger partial charge in [-0.25, -0.2) is 4.99 Å². The largest absolute Gasteiger partial charge is 0.488 e. The van der Waals surface area contributed by atoms with Crippen molar-refractivity contribution in [3.8, 4) is 5.75 Å². The minimum absolute atomic E-state index is 0.0888. The summed E-state index contributed by atoms with van der Waals surface area (Å²) in [5.74, 6) is 1.70. The van der Waals surface area contributed by atoms with Crippen molar-refractivity contribution in [2.75, 3.05) is 32.9 Å². The van der Waals surface area contributed by atoms with Crippen LogP contribution in [-0.4, -0.2) is 50.1 Å². The third kappa shape index (κ3) is 7.19. The first kappa shape index (κ1) is 23.5. The lowest BCUT2D eigenvalue weighted by molar-refractivity contribution is 0.140. The van der Waals surface area contributed by atoms with Crippen LogP contribution in [0.25, 0.3) is 0 Å². The van der Waals surface area contributed by atoms with Gasteiger partial charge in [-0.05, 0) is 50.2 Å². The van der Waals surface area contributed by atoms with Crippen LogP contribution in [0.1, 0.15) is 57.6 Å². The van der Waals surface area contributed by atoms with E-state index in [9.17, 15) is 5.11 Å². The second-order valence-corrected chi connectivity index (χ2v) is 7.94. The van der Waals surface area contributed by atoms with Gasteiger partial charge in [0, 0.05) is 31.7 Å². The normalized spacial score (nSPS) is 17.4. The zero-order valence-corrected chi connectivity index (χ0v) is 18.6. The fourth-order valence-corrected chi connectivity index (χ4v) is 3.64. The average molecular weight is 406 g/mol. The highest BCUT2D eigenvalue weighted by Gasteiger charge is 2.25. The molecule has 1 aliphatic rings. The van der Waals surface area contributed by atoms with E-state index in [1.807, 2.05) is 0 Å². The topological polar surface area (TPSA) is 75.1 Å². The number of benzene rings is 1. The number of guanidine groups is 1. The van der Waals surface area contributed by atoms with Gasteiger partial charge >= 0.3 is 0 Å². The summed E-state index contributed by atoms with van der Waals surface area (Å²) in [6.07, 6.45) is 3.90. The molecule has 29 heavy (non-hydrogen) atoms. The summed E-state index contributed by atoms with van der Waals surface area (Å²) in [6.45, 7) is 12.3. The van der Waals surface area contributed by atoms with Crippen LogP contribution in [0.15, 0.2) is 23.2 Å². The van der Waals surface area contributed by atoms with Gasteiger partial charge in [0.05, 0.1) is 19.8 Å². The Bertz CT molecular complexity index is 638. The first-order chi connectivity index (χ1) is 14.1. The maximum atomic E-state index is 9.46. The van der Waals surface area contributed by atoms with Gasteiger partial charge in [-0.2, -0.15) is 0 Å².